The van der Waals surface area contributed by atoms with Gasteiger partial charge < -0.3 is 11.1 Å². The number of benzene rings is 2. The third-order valence-corrected chi connectivity index (χ3v) is 3.64. The van der Waals surface area contributed by atoms with Gasteiger partial charge in [0.15, 0.2) is 0 Å². The molecule has 0 bridgehead atoms. The van der Waals surface area contributed by atoms with Crippen LogP contribution in [-0.2, 0) is 11.2 Å². The molecule has 6 nitrogen and oxygen atoms in total. The van der Waals surface area contributed by atoms with Crippen molar-refractivity contribution in [1.29, 1.82) is 0 Å². The summed E-state index contributed by atoms with van der Waals surface area (Å²) < 4.78 is 0. The fraction of sp³-hybridized carbons (Fsp3) is 0.211. The number of nitrogen functional groups attached to an aromatic ring is 1. The topological polar surface area (TPSA) is 96.6 Å². The van der Waals surface area contributed by atoms with E-state index in [0.717, 1.165) is 17.7 Å². The minimum atomic E-state index is -0.408. The van der Waals surface area contributed by atoms with Gasteiger partial charge in [-0.3, -0.25) is 9.59 Å². The number of carbonyl (C=O) groups excluding carboxylic acids is 2. The molecule has 0 saturated carbocycles. The Labute approximate surface area is 147 Å². The number of amides is 2. The fourth-order valence-corrected chi connectivity index (χ4v) is 2.33. The zero-order valence-electron chi connectivity index (χ0n) is 14.4. The quantitative estimate of drug-likeness (QED) is 0.429. The van der Waals surface area contributed by atoms with Crippen molar-refractivity contribution < 1.29 is 9.59 Å². The molecule has 0 aliphatic rings. The summed E-state index contributed by atoms with van der Waals surface area (Å²) in [7, 11) is 0. The highest BCUT2D eigenvalue weighted by molar-refractivity contribution is 6.06. The lowest BCUT2D eigenvalue weighted by molar-refractivity contribution is -0.115. The summed E-state index contributed by atoms with van der Waals surface area (Å²) in [6.45, 7) is 3.71. The summed E-state index contributed by atoms with van der Waals surface area (Å²) in [5.41, 5.74) is 11.3. The number of nitrogens with two attached hydrogens (primary N) is 1. The molecule has 0 spiro atoms. The van der Waals surface area contributed by atoms with E-state index >= 15 is 0 Å². The highest BCUT2D eigenvalue weighted by Gasteiger charge is 2.10. The van der Waals surface area contributed by atoms with Crippen molar-refractivity contribution in [2.75, 3.05) is 11.1 Å². The Bertz CT molecular complexity index is 800. The van der Waals surface area contributed by atoms with Crippen LogP contribution < -0.4 is 16.5 Å². The number of para-hydroxylation sites is 2. The average Bonchev–Trinajstić information content (AvgIpc) is 2.60. The number of rotatable bonds is 6. The fourth-order valence-electron chi connectivity index (χ4n) is 2.33. The summed E-state index contributed by atoms with van der Waals surface area (Å²) >= 11 is 0. The lowest BCUT2D eigenvalue weighted by atomic mass is 10.1. The summed E-state index contributed by atoms with van der Waals surface area (Å²) in [5, 5.41) is 6.83. The van der Waals surface area contributed by atoms with Gasteiger partial charge in [0.25, 0.3) is 5.91 Å². The van der Waals surface area contributed by atoms with Gasteiger partial charge in [-0.05, 0) is 37.1 Å². The van der Waals surface area contributed by atoms with Crippen LogP contribution in [0.4, 0.5) is 11.4 Å². The number of nitrogens with one attached hydrogen (secondary N) is 2. The molecule has 130 valence electrons. The number of hydrogen-bond donors (Lipinski definition) is 3. The van der Waals surface area contributed by atoms with Crippen LogP contribution in [-0.4, -0.2) is 17.5 Å². The van der Waals surface area contributed by atoms with E-state index in [0.29, 0.717) is 17.0 Å². The number of hydrogen-bond acceptors (Lipinski definition) is 4. The smallest absolute Gasteiger partial charge is 0.273 e. The number of carbonyl (C=O) groups is 2. The second-order valence-corrected chi connectivity index (χ2v) is 5.61. The van der Waals surface area contributed by atoms with Crippen molar-refractivity contribution in [1.82, 2.24) is 5.43 Å². The molecule has 2 amide bonds. The Hall–Kier alpha value is -3.15. The third-order valence-electron chi connectivity index (χ3n) is 3.64. The van der Waals surface area contributed by atoms with Crippen molar-refractivity contribution in [3.05, 3.63) is 59.7 Å². The zero-order valence-corrected chi connectivity index (χ0v) is 14.4. The van der Waals surface area contributed by atoms with Crippen LogP contribution in [0.25, 0.3) is 0 Å². The first kappa shape index (κ1) is 18.2. The molecule has 0 radical (unpaired) electrons. The average molecular weight is 338 g/mol. The van der Waals surface area contributed by atoms with E-state index in [1.165, 1.54) is 0 Å². The zero-order chi connectivity index (χ0) is 18.2. The monoisotopic (exact) mass is 338 g/mol. The molecule has 6 heteroatoms. The standard InChI is InChI=1S/C19H22N4O2/c1-3-14-8-4-7-11-17(14)21-18(24)12-13(2)22-23-19(25)15-9-5-6-10-16(15)20/h4-11H,3,12,20H2,1-2H3,(H,21,24)(H,23,25). The molecular formula is C19H22N4O2. The molecule has 2 aromatic rings. The summed E-state index contributed by atoms with van der Waals surface area (Å²) in [5.74, 6) is -0.593. The maximum atomic E-state index is 12.1. The molecule has 25 heavy (non-hydrogen) atoms. The minimum Gasteiger partial charge on any atom is -0.398 e. The van der Waals surface area contributed by atoms with E-state index < -0.39 is 5.91 Å². The van der Waals surface area contributed by atoms with Crippen molar-refractivity contribution >= 4 is 28.9 Å². The van der Waals surface area contributed by atoms with Gasteiger partial charge in [0, 0.05) is 17.1 Å². The molecule has 0 aliphatic heterocycles. The normalized spacial score (nSPS) is 11.0. The molecular weight excluding hydrogens is 316 g/mol. The Balaban J connectivity index is 1.93. The van der Waals surface area contributed by atoms with E-state index in [9.17, 15) is 9.59 Å². The number of anilines is 2. The van der Waals surface area contributed by atoms with Gasteiger partial charge in [0.05, 0.1) is 12.0 Å². The van der Waals surface area contributed by atoms with Crippen molar-refractivity contribution in [2.45, 2.75) is 26.7 Å². The van der Waals surface area contributed by atoms with Gasteiger partial charge in [-0.1, -0.05) is 37.3 Å². The highest BCUT2D eigenvalue weighted by Crippen LogP contribution is 2.15. The predicted octanol–water partition coefficient (Wildman–Crippen LogP) is 2.97. The largest absolute Gasteiger partial charge is 0.398 e. The Morgan fingerprint density at radius 1 is 1.08 bits per heavy atom. The minimum absolute atomic E-state index is 0.0859. The van der Waals surface area contributed by atoms with Crippen LogP contribution in [0.1, 0.15) is 36.2 Å². The van der Waals surface area contributed by atoms with Crippen LogP contribution >= 0.6 is 0 Å². The Morgan fingerprint density at radius 3 is 2.48 bits per heavy atom. The molecule has 0 atom stereocenters. The second kappa shape index (κ2) is 8.63. The third kappa shape index (κ3) is 5.17. The number of aryl methyl sites for hydroxylation is 1. The molecule has 2 aromatic carbocycles. The number of hydrazone groups is 1. The maximum Gasteiger partial charge on any atom is 0.273 e. The van der Waals surface area contributed by atoms with Gasteiger partial charge in [-0.25, -0.2) is 5.43 Å². The molecule has 0 aliphatic carbocycles. The van der Waals surface area contributed by atoms with E-state index in [1.54, 1.807) is 31.2 Å². The van der Waals surface area contributed by atoms with Crippen LogP contribution in [0, 0.1) is 0 Å². The molecule has 0 unspecified atom stereocenters. The van der Waals surface area contributed by atoms with Gasteiger partial charge in [-0.15, -0.1) is 0 Å². The van der Waals surface area contributed by atoms with Crippen LogP contribution in [0.5, 0.6) is 0 Å². The molecule has 0 fully saturated rings. The molecule has 4 N–H and O–H groups in total. The first-order valence-electron chi connectivity index (χ1n) is 8.07. The van der Waals surface area contributed by atoms with E-state index in [2.05, 4.69) is 15.8 Å². The van der Waals surface area contributed by atoms with E-state index in [4.69, 9.17) is 5.73 Å². The van der Waals surface area contributed by atoms with Gasteiger partial charge in [-0.2, -0.15) is 5.10 Å². The van der Waals surface area contributed by atoms with Gasteiger partial charge in [0.2, 0.25) is 5.91 Å². The van der Waals surface area contributed by atoms with E-state index in [-0.39, 0.29) is 12.3 Å². The molecule has 2 rings (SSSR count). The predicted molar refractivity (Wildman–Crippen MR) is 100 cm³/mol. The Morgan fingerprint density at radius 2 is 1.76 bits per heavy atom. The molecule has 0 saturated heterocycles. The van der Waals surface area contributed by atoms with Gasteiger partial charge >= 0.3 is 0 Å². The lowest BCUT2D eigenvalue weighted by Gasteiger charge is -2.09. The summed E-state index contributed by atoms with van der Waals surface area (Å²) in [6.07, 6.45) is 0.917. The summed E-state index contributed by atoms with van der Waals surface area (Å²) in [6, 6.07) is 14.4. The number of nitrogens with zero attached hydrogens (tertiary/aromatic N) is 1. The van der Waals surface area contributed by atoms with Crippen LogP contribution in [0.3, 0.4) is 0 Å². The molecule has 0 heterocycles. The Kier molecular flexibility index (Phi) is 6.28. The van der Waals surface area contributed by atoms with Crippen molar-refractivity contribution in [2.24, 2.45) is 5.10 Å². The first-order chi connectivity index (χ1) is 12.0. The van der Waals surface area contributed by atoms with Crippen LogP contribution in [0.2, 0.25) is 0 Å². The van der Waals surface area contributed by atoms with Crippen LogP contribution in [0.15, 0.2) is 53.6 Å². The first-order valence-corrected chi connectivity index (χ1v) is 8.07. The summed E-state index contributed by atoms with van der Waals surface area (Å²) in [4.78, 5) is 24.2. The SMILES string of the molecule is CCc1ccccc1NC(=O)CC(C)=NNC(=O)c1ccccc1N. The van der Waals surface area contributed by atoms with Crippen molar-refractivity contribution in [3.63, 3.8) is 0 Å². The van der Waals surface area contributed by atoms with Crippen molar-refractivity contribution in [3.8, 4) is 0 Å². The maximum absolute atomic E-state index is 12.1. The highest BCUT2D eigenvalue weighted by atomic mass is 16.2. The van der Waals surface area contributed by atoms with E-state index in [1.807, 2.05) is 31.2 Å². The van der Waals surface area contributed by atoms with Gasteiger partial charge in [0.1, 0.15) is 0 Å². The second-order valence-electron chi connectivity index (χ2n) is 5.61. The molecule has 0 aromatic heterocycles. The lowest BCUT2D eigenvalue weighted by Crippen LogP contribution is -2.22.